The number of rotatable bonds is 5. The van der Waals surface area contributed by atoms with E-state index < -0.39 is 10.1 Å². The molecule has 0 aromatic heterocycles. The monoisotopic (exact) mass is 217 g/mol. The molecule has 0 aromatic carbocycles. The average molecular weight is 217 g/mol. The van der Waals surface area contributed by atoms with E-state index in [0.29, 0.717) is 6.42 Å². The third-order valence-corrected chi connectivity index (χ3v) is 2.79. The first-order chi connectivity index (χ1) is 6.58. The molecule has 0 saturated heterocycles. The summed E-state index contributed by atoms with van der Waals surface area (Å²) in [6.07, 6.45) is 9.24. The summed E-state index contributed by atoms with van der Waals surface area (Å²) < 4.78 is 29.3. The summed E-state index contributed by atoms with van der Waals surface area (Å²) in [5.41, 5.74) is 0. The van der Waals surface area contributed by atoms with E-state index in [1.54, 1.807) is 0 Å². The molecule has 0 aliphatic carbocycles. The van der Waals surface area contributed by atoms with Crippen LogP contribution in [0.2, 0.25) is 0 Å². The molecule has 0 fully saturated rings. The van der Waals surface area contributed by atoms with Crippen molar-refractivity contribution in [3.05, 3.63) is 24.4 Å². The van der Waals surface area contributed by atoms with Crippen molar-refractivity contribution in [1.82, 2.24) is 4.90 Å². The molecule has 1 aliphatic rings. The molecule has 0 radical (unpaired) electrons. The van der Waals surface area contributed by atoms with Crippen LogP contribution >= 0.6 is 0 Å². The molecule has 4 nitrogen and oxygen atoms in total. The second-order valence-electron chi connectivity index (χ2n) is 3.26. The van der Waals surface area contributed by atoms with Gasteiger partial charge in [-0.25, -0.2) is 0 Å². The number of allylic oxidation sites excluding steroid dienone is 2. The van der Waals surface area contributed by atoms with Crippen LogP contribution in [-0.2, 0) is 10.1 Å². The Balaban J connectivity index is 2.10. The first kappa shape index (κ1) is 11.3. The Morgan fingerprint density at radius 1 is 1.29 bits per heavy atom. The van der Waals surface area contributed by atoms with Gasteiger partial charge >= 0.3 is 0 Å². The molecule has 0 unspecified atom stereocenters. The Hall–Kier alpha value is -0.810. The summed E-state index contributed by atoms with van der Waals surface area (Å²) in [5, 5.41) is 0. The topological polar surface area (TPSA) is 57.6 Å². The maximum absolute atomic E-state index is 10.4. The molecule has 1 N–H and O–H groups in total. The molecular weight excluding hydrogens is 202 g/mol. The molecule has 14 heavy (non-hydrogen) atoms. The zero-order valence-electron chi connectivity index (χ0n) is 7.96. The first-order valence-corrected chi connectivity index (χ1v) is 6.21. The molecule has 0 bridgehead atoms. The van der Waals surface area contributed by atoms with Crippen LogP contribution in [0.3, 0.4) is 0 Å². The highest BCUT2D eigenvalue weighted by Gasteiger charge is 2.04. The number of nitrogens with zero attached hydrogens (tertiary/aromatic N) is 1. The van der Waals surface area contributed by atoms with Crippen molar-refractivity contribution in [2.75, 3.05) is 18.8 Å². The Kier molecular flexibility index (Phi) is 4.16. The third kappa shape index (κ3) is 5.04. The summed E-state index contributed by atoms with van der Waals surface area (Å²) in [6.45, 7) is 1.71. The van der Waals surface area contributed by atoms with E-state index in [2.05, 4.69) is 4.90 Å². The van der Waals surface area contributed by atoms with Gasteiger partial charge in [0, 0.05) is 13.1 Å². The van der Waals surface area contributed by atoms with E-state index in [1.807, 2.05) is 24.4 Å². The van der Waals surface area contributed by atoms with Crippen LogP contribution in [-0.4, -0.2) is 36.7 Å². The average Bonchev–Trinajstić information content (AvgIpc) is 2.13. The van der Waals surface area contributed by atoms with Crippen LogP contribution in [0.25, 0.3) is 0 Å². The summed E-state index contributed by atoms with van der Waals surface area (Å²) in [5.74, 6) is -0.138. The van der Waals surface area contributed by atoms with Crippen molar-refractivity contribution >= 4 is 10.1 Å². The standard InChI is InChI=1S/C9H15NO3S/c11-14(12,13)9-5-4-8-10-6-2-1-3-7-10/h1-3,6H,4-5,7-9H2,(H,11,12,13). The van der Waals surface area contributed by atoms with Crippen molar-refractivity contribution in [2.24, 2.45) is 0 Å². The second kappa shape index (κ2) is 5.17. The van der Waals surface area contributed by atoms with Gasteiger partial charge in [-0.1, -0.05) is 12.2 Å². The molecule has 1 aliphatic heterocycles. The van der Waals surface area contributed by atoms with Crippen LogP contribution in [0.1, 0.15) is 12.8 Å². The number of unbranched alkanes of at least 4 members (excludes halogenated alkanes) is 1. The van der Waals surface area contributed by atoms with E-state index in [4.69, 9.17) is 4.55 Å². The number of hydrogen-bond acceptors (Lipinski definition) is 3. The zero-order chi connectivity index (χ0) is 10.4. The van der Waals surface area contributed by atoms with Crippen molar-refractivity contribution < 1.29 is 13.0 Å². The highest BCUT2D eigenvalue weighted by Crippen LogP contribution is 2.02. The van der Waals surface area contributed by atoms with Crippen molar-refractivity contribution in [2.45, 2.75) is 12.8 Å². The van der Waals surface area contributed by atoms with Crippen LogP contribution < -0.4 is 0 Å². The smallest absolute Gasteiger partial charge is 0.264 e. The minimum atomic E-state index is -3.78. The minimum absolute atomic E-state index is 0.138. The van der Waals surface area contributed by atoms with Gasteiger partial charge in [-0.05, 0) is 25.1 Å². The van der Waals surface area contributed by atoms with Gasteiger partial charge in [-0.15, -0.1) is 0 Å². The second-order valence-corrected chi connectivity index (χ2v) is 4.83. The Morgan fingerprint density at radius 3 is 2.64 bits per heavy atom. The first-order valence-electron chi connectivity index (χ1n) is 4.60. The Labute approximate surface area is 84.7 Å². The predicted octanol–water partition coefficient (Wildman–Crippen LogP) is 1.04. The van der Waals surface area contributed by atoms with E-state index in [0.717, 1.165) is 19.5 Å². The van der Waals surface area contributed by atoms with Crippen LogP contribution in [0.15, 0.2) is 24.4 Å². The van der Waals surface area contributed by atoms with Crippen LogP contribution in [0.4, 0.5) is 0 Å². The lowest BCUT2D eigenvalue weighted by Crippen LogP contribution is -2.20. The summed E-state index contributed by atoms with van der Waals surface area (Å²) in [4.78, 5) is 2.10. The zero-order valence-corrected chi connectivity index (χ0v) is 8.78. The van der Waals surface area contributed by atoms with Crippen molar-refractivity contribution in [1.29, 1.82) is 0 Å². The van der Waals surface area contributed by atoms with E-state index in [9.17, 15) is 8.42 Å². The lowest BCUT2D eigenvalue weighted by molar-refractivity contribution is 0.399. The fraction of sp³-hybridized carbons (Fsp3) is 0.556. The summed E-state index contributed by atoms with van der Waals surface area (Å²) in [6, 6.07) is 0. The summed E-state index contributed by atoms with van der Waals surface area (Å²) >= 11 is 0. The van der Waals surface area contributed by atoms with Gasteiger partial charge in [0.15, 0.2) is 0 Å². The fourth-order valence-electron chi connectivity index (χ4n) is 1.27. The molecule has 0 saturated carbocycles. The predicted molar refractivity (Wildman–Crippen MR) is 55.5 cm³/mol. The van der Waals surface area contributed by atoms with Gasteiger partial charge in [0.1, 0.15) is 0 Å². The molecule has 80 valence electrons. The van der Waals surface area contributed by atoms with E-state index in [1.165, 1.54) is 0 Å². The van der Waals surface area contributed by atoms with E-state index >= 15 is 0 Å². The van der Waals surface area contributed by atoms with Crippen molar-refractivity contribution in [3.8, 4) is 0 Å². The van der Waals surface area contributed by atoms with Crippen LogP contribution in [0, 0.1) is 0 Å². The van der Waals surface area contributed by atoms with Crippen molar-refractivity contribution in [3.63, 3.8) is 0 Å². The lowest BCUT2D eigenvalue weighted by atomic mass is 10.3. The SMILES string of the molecule is O=S(=O)(O)CCCCN1C=CC=CC1. The Morgan fingerprint density at radius 2 is 2.07 bits per heavy atom. The van der Waals surface area contributed by atoms with Gasteiger partial charge < -0.3 is 4.90 Å². The van der Waals surface area contributed by atoms with Gasteiger partial charge in [0.25, 0.3) is 10.1 Å². The number of hydrogen-bond donors (Lipinski definition) is 1. The highest BCUT2D eigenvalue weighted by molar-refractivity contribution is 7.85. The van der Waals surface area contributed by atoms with Gasteiger partial charge in [-0.3, -0.25) is 4.55 Å². The molecule has 1 rings (SSSR count). The summed E-state index contributed by atoms with van der Waals surface area (Å²) in [7, 11) is -3.78. The van der Waals surface area contributed by atoms with E-state index in [-0.39, 0.29) is 5.75 Å². The third-order valence-electron chi connectivity index (χ3n) is 1.98. The largest absolute Gasteiger partial charge is 0.374 e. The molecule has 0 aromatic rings. The molecular formula is C9H15NO3S. The van der Waals surface area contributed by atoms with Gasteiger partial charge in [0.2, 0.25) is 0 Å². The molecule has 1 heterocycles. The molecule has 0 spiro atoms. The maximum Gasteiger partial charge on any atom is 0.264 e. The lowest BCUT2D eigenvalue weighted by Gasteiger charge is -2.19. The highest BCUT2D eigenvalue weighted by atomic mass is 32.2. The van der Waals surface area contributed by atoms with Crippen LogP contribution in [0.5, 0.6) is 0 Å². The van der Waals surface area contributed by atoms with Gasteiger partial charge in [-0.2, -0.15) is 8.42 Å². The molecule has 0 atom stereocenters. The Bertz CT molecular complexity index is 319. The quantitative estimate of drug-likeness (QED) is 0.552. The fourth-order valence-corrected chi connectivity index (χ4v) is 1.84. The molecule has 0 amide bonds. The normalized spacial score (nSPS) is 16.2. The van der Waals surface area contributed by atoms with Gasteiger partial charge in [0.05, 0.1) is 5.75 Å². The minimum Gasteiger partial charge on any atom is -0.374 e. The molecule has 5 heteroatoms. The maximum atomic E-state index is 10.4.